The van der Waals surface area contributed by atoms with Crippen molar-refractivity contribution in [1.29, 1.82) is 0 Å². The van der Waals surface area contributed by atoms with E-state index in [1.54, 1.807) is 29.7 Å². The first-order valence-electron chi connectivity index (χ1n) is 11.4. The Morgan fingerprint density at radius 3 is 2.56 bits per heavy atom. The van der Waals surface area contributed by atoms with E-state index in [1.807, 2.05) is 36.6 Å². The number of hydrogen-bond acceptors (Lipinski definition) is 8. The van der Waals surface area contributed by atoms with Crippen LogP contribution in [0.25, 0.3) is 10.4 Å². The maximum Gasteiger partial charge on any atom is 0.229 e. The van der Waals surface area contributed by atoms with Crippen LogP contribution in [0.3, 0.4) is 0 Å². The summed E-state index contributed by atoms with van der Waals surface area (Å²) in [5.74, 6) is 4.98. The van der Waals surface area contributed by atoms with Gasteiger partial charge in [0.05, 0.1) is 21.9 Å². The average Bonchev–Trinajstić information content (AvgIpc) is 3.37. The normalized spacial score (nSPS) is 14.0. The van der Waals surface area contributed by atoms with E-state index in [0.717, 1.165) is 35.8 Å². The number of benzene rings is 1. The monoisotopic (exact) mass is 502 g/mol. The molecule has 3 rings (SSSR count). The van der Waals surface area contributed by atoms with Crippen LogP contribution in [0.15, 0.2) is 52.9 Å². The van der Waals surface area contributed by atoms with Crippen molar-refractivity contribution in [1.82, 2.24) is 19.6 Å². The fourth-order valence-corrected chi connectivity index (χ4v) is 5.22. The molecule has 0 saturated carbocycles. The number of anilines is 3. The Hall–Kier alpha value is -2.50. The largest absolute Gasteiger partial charge is 0.394 e. The number of aliphatic hydroxyl groups is 1. The van der Waals surface area contributed by atoms with Crippen LogP contribution in [0, 0.1) is 0 Å². The molecule has 10 heteroatoms. The van der Waals surface area contributed by atoms with Gasteiger partial charge in [0.25, 0.3) is 0 Å². The van der Waals surface area contributed by atoms with Gasteiger partial charge in [-0.25, -0.2) is 13.9 Å². The van der Waals surface area contributed by atoms with Crippen molar-refractivity contribution in [3.8, 4) is 10.4 Å². The minimum absolute atomic E-state index is 0.00854. The highest BCUT2D eigenvalue weighted by molar-refractivity contribution is 7.98. The average molecular weight is 503 g/mol. The van der Waals surface area contributed by atoms with Crippen LogP contribution in [0.1, 0.15) is 20.8 Å². The molecule has 0 radical (unpaired) electrons. The SMILES string of the molecule is C=S(=O)(NCCN(CC)CC)c1ccc(Nc2ncc(-c3cccs3)c(N[C@H](C)CO)n2)cc1. The molecular formula is C24H34N6O2S2. The van der Waals surface area contributed by atoms with Gasteiger partial charge in [-0.05, 0) is 61.6 Å². The van der Waals surface area contributed by atoms with Gasteiger partial charge in [-0.3, -0.25) is 0 Å². The highest BCUT2D eigenvalue weighted by Gasteiger charge is 2.13. The zero-order valence-electron chi connectivity index (χ0n) is 20.0. The van der Waals surface area contributed by atoms with E-state index < -0.39 is 9.71 Å². The van der Waals surface area contributed by atoms with Crippen LogP contribution in [0.5, 0.6) is 0 Å². The van der Waals surface area contributed by atoms with E-state index in [4.69, 9.17) is 0 Å². The lowest BCUT2D eigenvalue weighted by Gasteiger charge is -2.19. The topological polar surface area (TPSA) is 102 Å². The van der Waals surface area contributed by atoms with Gasteiger partial charge in [0.1, 0.15) is 5.82 Å². The van der Waals surface area contributed by atoms with Gasteiger partial charge in [-0.1, -0.05) is 19.9 Å². The molecule has 1 aromatic carbocycles. The summed E-state index contributed by atoms with van der Waals surface area (Å²) in [4.78, 5) is 13.1. The van der Waals surface area contributed by atoms with Gasteiger partial charge in [-0.2, -0.15) is 4.98 Å². The van der Waals surface area contributed by atoms with Crippen LogP contribution in [0.2, 0.25) is 0 Å². The van der Waals surface area contributed by atoms with Crippen molar-refractivity contribution in [2.45, 2.75) is 31.7 Å². The molecule has 0 spiro atoms. The molecule has 0 fully saturated rings. The predicted molar refractivity (Wildman–Crippen MR) is 145 cm³/mol. The predicted octanol–water partition coefficient (Wildman–Crippen LogP) is 3.66. The van der Waals surface area contributed by atoms with Gasteiger partial charge in [0, 0.05) is 40.8 Å². The molecule has 0 aliphatic carbocycles. The van der Waals surface area contributed by atoms with Gasteiger partial charge >= 0.3 is 0 Å². The molecule has 184 valence electrons. The summed E-state index contributed by atoms with van der Waals surface area (Å²) in [6.07, 6.45) is 1.77. The van der Waals surface area contributed by atoms with Crippen LogP contribution in [-0.4, -0.2) is 68.9 Å². The maximum absolute atomic E-state index is 13.0. The molecule has 0 bridgehead atoms. The quantitative estimate of drug-likeness (QED) is 0.265. The van der Waals surface area contributed by atoms with Gasteiger partial charge in [0.15, 0.2) is 0 Å². The Labute approximate surface area is 206 Å². The number of aliphatic hydroxyl groups excluding tert-OH is 1. The first-order valence-corrected chi connectivity index (χ1v) is 14.0. The molecule has 3 aromatic rings. The fraction of sp³-hybridized carbons (Fsp3) is 0.375. The molecule has 2 heterocycles. The van der Waals surface area contributed by atoms with E-state index in [1.165, 1.54) is 0 Å². The molecule has 2 atom stereocenters. The van der Waals surface area contributed by atoms with E-state index in [2.05, 4.69) is 49.9 Å². The fourth-order valence-electron chi connectivity index (χ4n) is 3.32. The minimum Gasteiger partial charge on any atom is -0.394 e. The number of likely N-dealkylation sites (N-methyl/N-ethyl adjacent to an activating group) is 1. The molecular weight excluding hydrogens is 468 g/mol. The van der Waals surface area contributed by atoms with E-state index in [-0.39, 0.29) is 12.6 Å². The molecule has 4 N–H and O–H groups in total. The van der Waals surface area contributed by atoms with E-state index in [0.29, 0.717) is 23.2 Å². The number of nitrogens with one attached hydrogen (secondary N) is 3. The molecule has 2 aromatic heterocycles. The first-order chi connectivity index (χ1) is 16.4. The highest BCUT2D eigenvalue weighted by Crippen LogP contribution is 2.31. The maximum atomic E-state index is 13.0. The van der Waals surface area contributed by atoms with Gasteiger partial charge in [-0.15, -0.1) is 11.3 Å². The van der Waals surface area contributed by atoms with Crippen LogP contribution < -0.4 is 15.4 Å². The van der Waals surface area contributed by atoms with Crippen LogP contribution in [0.4, 0.5) is 17.5 Å². The number of thiophene rings is 1. The van der Waals surface area contributed by atoms with E-state index >= 15 is 0 Å². The zero-order valence-corrected chi connectivity index (χ0v) is 21.6. The smallest absolute Gasteiger partial charge is 0.229 e. The lowest BCUT2D eigenvalue weighted by Crippen LogP contribution is -2.34. The van der Waals surface area contributed by atoms with Gasteiger partial charge in [0.2, 0.25) is 5.95 Å². The highest BCUT2D eigenvalue weighted by atomic mass is 32.2. The lowest BCUT2D eigenvalue weighted by molar-refractivity contribution is 0.281. The van der Waals surface area contributed by atoms with Crippen molar-refractivity contribution >= 4 is 44.4 Å². The number of hydrogen-bond donors (Lipinski definition) is 4. The van der Waals surface area contributed by atoms with Crippen molar-refractivity contribution in [2.75, 3.05) is 43.4 Å². The Morgan fingerprint density at radius 1 is 1.21 bits per heavy atom. The number of aromatic nitrogens is 2. The van der Waals surface area contributed by atoms with Gasteiger partial charge < -0.3 is 20.6 Å². The summed E-state index contributed by atoms with van der Waals surface area (Å²) < 4.78 is 16.1. The summed E-state index contributed by atoms with van der Waals surface area (Å²) in [5, 5.41) is 17.9. The third kappa shape index (κ3) is 7.00. The second-order valence-electron chi connectivity index (χ2n) is 7.91. The van der Waals surface area contributed by atoms with Crippen molar-refractivity contribution < 1.29 is 9.32 Å². The second kappa shape index (κ2) is 12.3. The molecule has 0 amide bonds. The lowest BCUT2D eigenvalue weighted by atomic mass is 10.2. The number of rotatable bonds is 13. The van der Waals surface area contributed by atoms with Crippen molar-refractivity contribution in [2.24, 2.45) is 0 Å². The summed E-state index contributed by atoms with van der Waals surface area (Å²) in [7, 11) is -2.58. The first kappa shape index (κ1) is 26.1. The molecule has 0 saturated heterocycles. The zero-order chi connectivity index (χ0) is 24.6. The Kier molecular flexibility index (Phi) is 9.43. The van der Waals surface area contributed by atoms with Crippen LogP contribution in [-0.2, 0) is 9.71 Å². The molecule has 0 aliphatic heterocycles. The van der Waals surface area contributed by atoms with Crippen molar-refractivity contribution in [3.05, 3.63) is 48.0 Å². The third-order valence-electron chi connectivity index (χ3n) is 5.38. The molecule has 1 unspecified atom stereocenters. The molecule has 0 aliphatic rings. The summed E-state index contributed by atoms with van der Waals surface area (Å²) in [6.45, 7) is 9.46. The summed E-state index contributed by atoms with van der Waals surface area (Å²) in [5.41, 5.74) is 1.65. The molecule has 34 heavy (non-hydrogen) atoms. The standard InChI is InChI=1S/C24H34N6O2S2/c1-5-30(6-2)14-13-26-34(4,32)20-11-9-19(10-12-20)28-24-25-16-21(22-8-7-15-33-22)23(29-24)27-18(3)17-31/h7-12,15-16,18,31H,4-6,13-14,17H2,1-3H3,(H,26,32)(H2,25,27,28,29)/t18-,34?/m1/s1. The Balaban J connectivity index is 1.71. The summed E-state index contributed by atoms with van der Waals surface area (Å²) >= 11 is 1.60. The second-order valence-corrected chi connectivity index (χ2v) is 11.0. The Bertz CT molecular complexity index is 1130. The number of nitrogens with zero attached hydrogens (tertiary/aromatic N) is 3. The molecule has 8 nitrogen and oxygen atoms in total. The van der Waals surface area contributed by atoms with E-state index in [9.17, 15) is 9.32 Å². The van der Waals surface area contributed by atoms with Crippen molar-refractivity contribution in [3.63, 3.8) is 0 Å². The third-order valence-corrected chi connectivity index (χ3v) is 7.99. The minimum atomic E-state index is -2.58. The Morgan fingerprint density at radius 2 is 1.94 bits per heavy atom. The summed E-state index contributed by atoms with van der Waals surface area (Å²) in [6, 6.07) is 11.1. The van der Waals surface area contributed by atoms with Crippen LogP contribution >= 0.6 is 11.3 Å².